The second-order valence-electron chi connectivity index (χ2n) is 10.0. The summed E-state index contributed by atoms with van der Waals surface area (Å²) in [6.45, 7) is 2.59. The number of nitrogens with zero attached hydrogens (tertiary/aromatic N) is 2. The zero-order valence-corrected chi connectivity index (χ0v) is 21.9. The summed E-state index contributed by atoms with van der Waals surface area (Å²) in [5.41, 5.74) is 6.32. The lowest BCUT2D eigenvalue weighted by Gasteiger charge is -2.47. The zero-order chi connectivity index (χ0) is 26.4. The van der Waals surface area contributed by atoms with Gasteiger partial charge >= 0.3 is 0 Å². The first-order chi connectivity index (χ1) is 18.5. The molecular formula is C31H31N3O4. The van der Waals surface area contributed by atoms with E-state index in [1.165, 1.54) is 0 Å². The second kappa shape index (κ2) is 9.56. The molecule has 1 N–H and O–H groups in total. The number of rotatable bonds is 6. The first-order valence-electron chi connectivity index (χ1n) is 13.0. The van der Waals surface area contributed by atoms with E-state index in [0.29, 0.717) is 30.9 Å². The SMILES string of the molecule is COc1ccc(CCN2CC(=O)N3C(Cc4c([nH]c5ccccc45)C3c3ccccc3C)C2=O)cc1OC. The highest BCUT2D eigenvalue weighted by Gasteiger charge is 2.48. The minimum atomic E-state index is -0.544. The van der Waals surface area contributed by atoms with Crippen LogP contribution in [-0.4, -0.2) is 59.9 Å². The Morgan fingerprint density at radius 1 is 0.947 bits per heavy atom. The monoisotopic (exact) mass is 509 g/mol. The maximum atomic E-state index is 14.0. The fourth-order valence-corrected chi connectivity index (χ4v) is 6.03. The van der Waals surface area contributed by atoms with Crippen molar-refractivity contribution in [3.8, 4) is 11.5 Å². The summed E-state index contributed by atoms with van der Waals surface area (Å²) in [4.78, 5) is 34.9. The lowest BCUT2D eigenvalue weighted by Crippen LogP contribution is -2.63. The first kappa shape index (κ1) is 24.1. The van der Waals surface area contributed by atoms with Crippen LogP contribution in [-0.2, 0) is 22.4 Å². The molecule has 4 aromatic rings. The zero-order valence-electron chi connectivity index (χ0n) is 21.9. The molecule has 0 aliphatic carbocycles. The largest absolute Gasteiger partial charge is 0.493 e. The van der Waals surface area contributed by atoms with Crippen LogP contribution in [0.1, 0.15) is 34.0 Å². The van der Waals surface area contributed by atoms with Gasteiger partial charge in [0.2, 0.25) is 11.8 Å². The summed E-state index contributed by atoms with van der Waals surface area (Å²) in [5, 5.41) is 1.11. The highest BCUT2D eigenvalue weighted by Crippen LogP contribution is 2.43. The van der Waals surface area contributed by atoms with Gasteiger partial charge in [0.25, 0.3) is 0 Å². The molecule has 2 aliphatic heterocycles. The summed E-state index contributed by atoms with van der Waals surface area (Å²) in [5.74, 6) is 1.28. The van der Waals surface area contributed by atoms with E-state index < -0.39 is 6.04 Å². The number of carbonyl (C=O) groups excluding carboxylic acids is 2. The molecule has 0 radical (unpaired) electrons. The number of hydrogen-bond donors (Lipinski definition) is 1. The molecule has 0 spiro atoms. The Labute approximate surface area is 222 Å². The van der Waals surface area contributed by atoms with Gasteiger partial charge in [-0.1, -0.05) is 48.5 Å². The van der Waals surface area contributed by atoms with Crippen molar-refractivity contribution in [2.75, 3.05) is 27.3 Å². The maximum Gasteiger partial charge on any atom is 0.246 e. The molecule has 2 amide bonds. The van der Waals surface area contributed by atoms with Crippen LogP contribution in [0.4, 0.5) is 0 Å². The van der Waals surface area contributed by atoms with E-state index in [0.717, 1.165) is 38.9 Å². The molecule has 1 fully saturated rings. The van der Waals surface area contributed by atoms with Crippen molar-refractivity contribution in [3.63, 3.8) is 0 Å². The Kier molecular flexibility index (Phi) is 6.06. The molecule has 1 aromatic heterocycles. The van der Waals surface area contributed by atoms with E-state index in [-0.39, 0.29) is 24.4 Å². The van der Waals surface area contributed by atoms with Gasteiger partial charge in [-0.25, -0.2) is 0 Å². The second-order valence-corrected chi connectivity index (χ2v) is 10.0. The van der Waals surface area contributed by atoms with Crippen molar-refractivity contribution in [3.05, 3.63) is 94.7 Å². The fourth-order valence-electron chi connectivity index (χ4n) is 6.03. The summed E-state index contributed by atoms with van der Waals surface area (Å²) in [7, 11) is 3.21. The average Bonchev–Trinajstić information content (AvgIpc) is 3.32. The molecule has 3 heterocycles. The fraction of sp³-hybridized carbons (Fsp3) is 0.290. The van der Waals surface area contributed by atoms with Crippen molar-refractivity contribution in [2.24, 2.45) is 0 Å². The van der Waals surface area contributed by atoms with E-state index in [9.17, 15) is 9.59 Å². The molecule has 2 atom stereocenters. The highest BCUT2D eigenvalue weighted by atomic mass is 16.5. The average molecular weight is 510 g/mol. The van der Waals surface area contributed by atoms with E-state index in [4.69, 9.17) is 9.47 Å². The lowest BCUT2D eigenvalue weighted by atomic mass is 9.85. The molecule has 7 heteroatoms. The number of H-pyrrole nitrogens is 1. The summed E-state index contributed by atoms with van der Waals surface area (Å²) in [6, 6.07) is 21.2. The van der Waals surface area contributed by atoms with Crippen LogP contribution in [0, 0.1) is 6.92 Å². The lowest BCUT2D eigenvalue weighted by molar-refractivity contribution is -0.158. The van der Waals surface area contributed by atoms with Gasteiger partial charge in [-0.05, 0) is 53.8 Å². The number of aryl methyl sites for hydroxylation is 1. The minimum absolute atomic E-state index is 0.000378. The number of fused-ring (bicyclic) bond motifs is 4. The van der Waals surface area contributed by atoms with Crippen molar-refractivity contribution in [1.82, 2.24) is 14.8 Å². The summed E-state index contributed by atoms with van der Waals surface area (Å²) < 4.78 is 10.8. The van der Waals surface area contributed by atoms with Crippen LogP contribution in [0.25, 0.3) is 10.9 Å². The van der Waals surface area contributed by atoms with Gasteiger partial charge in [0.1, 0.15) is 6.04 Å². The van der Waals surface area contributed by atoms with Crippen molar-refractivity contribution in [2.45, 2.75) is 31.8 Å². The third kappa shape index (κ3) is 3.90. The molecular weight excluding hydrogens is 478 g/mol. The van der Waals surface area contributed by atoms with Gasteiger partial charge in [-0.2, -0.15) is 0 Å². The molecule has 0 bridgehead atoms. The Bertz CT molecular complexity index is 1540. The number of nitrogens with one attached hydrogen (secondary N) is 1. The molecule has 0 saturated carbocycles. The molecule has 7 nitrogen and oxygen atoms in total. The number of benzene rings is 3. The minimum Gasteiger partial charge on any atom is -0.493 e. The maximum absolute atomic E-state index is 14.0. The Balaban J connectivity index is 1.35. The number of hydrogen-bond acceptors (Lipinski definition) is 4. The third-order valence-corrected chi connectivity index (χ3v) is 7.94. The smallest absolute Gasteiger partial charge is 0.246 e. The van der Waals surface area contributed by atoms with Crippen LogP contribution in [0.15, 0.2) is 66.7 Å². The first-order valence-corrected chi connectivity index (χ1v) is 13.0. The molecule has 2 unspecified atom stereocenters. The van der Waals surface area contributed by atoms with E-state index >= 15 is 0 Å². The summed E-state index contributed by atoms with van der Waals surface area (Å²) in [6.07, 6.45) is 1.12. The Morgan fingerprint density at radius 2 is 1.71 bits per heavy atom. The number of aromatic nitrogens is 1. The van der Waals surface area contributed by atoms with Crippen LogP contribution in [0.3, 0.4) is 0 Å². The van der Waals surface area contributed by atoms with Gasteiger partial charge < -0.3 is 24.3 Å². The van der Waals surface area contributed by atoms with Crippen LogP contribution >= 0.6 is 0 Å². The van der Waals surface area contributed by atoms with Crippen molar-refractivity contribution >= 4 is 22.7 Å². The number of amides is 2. The number of ether oxygens (including phenoxy) is 2. The Morgan fingerprint density at radius 3 is 2.50 bits per heavy atom. The molecule has 1 saturated heterocycles. The van der Waals surface area contributed by atoms with Gasteiger partial charge in [0.05, 0.1) is 26.8 Å². The predicted octanol–water partition coefficient (Wildman–Crippen LogP) is 4.42. The van der Waals surface area contributed by atoms with E-state index in [1.54, 1.807) is 19.1 Å². The number of methoxy groups -OCH3 is 2. The standard InChI is InChI=1S/C31H31N3O4/c1-19-8-4-5-9-21(19)30-29-23(22-10-6-7-11-24(22)32-29)17-25-31(36)33(18-28(35)34(25)30)15-14-20-12-13-26(37-2)27(16-20)38-3/h4-13,16,25,30,32H,14-15,17-18H2,1-3H3. The van der Waals surface area contributed by atoms with Crippen molar-refractivity contribution in [1.29, 1.82) is 0 Å². The molecule has 6 rings (SSSR count). The number of carbonyl (C=O) groups is 2. The number of para-hydroxylation sites is 1. The van der Waals surface area contributed by atoms with Crippen LogP contribution < -0.4 is 9.47 Å². The van der Waals surface area contributed by atoms with E-state index in [1.807, 2.05) is 47.4 Å². The van der Waals surface area contributed by atoms with Crippen LogP contribution in [0.2, 0.25) is 0 Å². The van der Waals surface area contributed by atoms with Crippen LogP contribution in [0.5, 0.6) is 11.5 Å². The molecule has 2 aliphatic rings. The van der Waals surface area contributed by atoms with Gasteiger partial charge in [0.15, 0.2) is 11.5 Å². The van der Waals surface area contributed by atoms with E-state index in [2.05, 4.69) is 36.2 Å². The predicted molar refractivity (Wildman–Crippen MR) is 145 cm³/mol. The van der Waals surface area contributed by atoms with Gasteiger partial charge in [0, 0.05) is 29.6 Å². The summed E-state index contributed by atoms with van der Waals surface area (Å²) >= 11 is 0. The highest BCUT2D eigenvalue weighted by molar-refractivity contribution is 5.97. The molecule has 38 heavy (non-hydrogen) atoms. The van der Waals surface area contributed by atoms with Crippen molar-refractivity contribution < 1.29 is 19.1 Å². The number of aromatic amines is 1. The molecule has 3 aromatic carbocycles. The normalized spacial score (nSPS) is 18.9. The number of piperazine rings is 1. The topological polar surface area (TPSA) is 74.9 Å². The third-order valence-electron chi connectivity index (χ3n) is 7.94. The Hall–Kier alpha value is -4.26. The van der Waals surface area contributed by atoms with Gasteiger partial charge in [-0.15, -0.1) is 0 Å². The quantitative estimate of drug-likeness (QED) is 0.418. The molecule has 194 valence electrons. The van der Waals surface area contributed by atoms with Gasteiger partial charge in [-0.3, -0.25) is 9.59 Å².